The predicted octanol–water partition coefficient (Wildman–Crippen LogP) is 1.63. The first-order valence-corrected chi connectivity index (χ1v) is 14.3. The second kappa shape index (κ2) is 12.1. The van der Waals surface area contributed by atoms with Gasteiger partial charge in [-0.1, -0.05) is 24.3 Å². The van der Waals surface area contributed by atoms with Crippen LogP contribution in [0.3, 0.4) is 0 Å². The average Bonchev–Trinajstić information content (AvgIpc) is 3.67. The topological polar surface area (TPSA) is 158 Å². The monoisotopic (exact) mass is 581 g/mol. The molecular formula is C31H35N9O3. The molecule has 1 aromatic heterocycles. The minimum Gasteiger partial charge on any atom is -0.355 e. The van der Waals surface area contributed by atoms with E-state index in [-0.39, 0.29) is 30.3 Å². The molecule has 43 heavy (non-hydrogen) atoms. The molecule has 0 saturated carbocycles. The quantitative estimate of drug-likeness (QED) is 0.362. The van der Waals surface area contributed by atoms with Crippen LogP contribution >= 0.6 is 0 Å². The summed E-state index contributed by atoms with van der Waals surface area (Å²) in [5.41, 5.74) is 3.34. The number of nitrogens with one attached hydrogen (secondary N) is 3. The molecule has 5 rings (SSSR count). The molecule has 0 unspecified atom stereocenters. The Balaban J connectivity index is 1.63. The van der Waals surface area contributed by atoms with Crippen LogP contribution in [0, 0.1) is 11.3 Å². The SMILES string of the molecule is CNC(=O)c1ccc2c(c1)C=Cc1cc(C(=O)NC)ccc1C2(C[C@@H](C)NCC(=O)N1CCC[C@H]1C#N)c1nnn(C)n1. The number of nitriles is 1. The van der Waals surface area contributed by atoms with Crippen molar-refractivity contribution in [2.24, 2.45) is 7.05 Å². The number of carbonyl (C=O) groups excluding carboxylic acids is 3. The van der Waals surface area contributed by atoms with Crippen molar-refractivity contribution in [3.05, 3.63) is 75.6 Å². The molecule has 2 aromatic carbocycles. The van der Waals surface area contributed by atoms with Gasteiger partial charge in [-0.15, -0.1) is 10.2 Å². The maximum Gasteiger partial charge on any atom is 0.251 e. The summed E-state index contributed by atoms with van der Waals surface area (Å²) in [6, 6.07) is 12.7. The van der Waals surface area contributed by atoms with Gasteiger partial charge in [0.15, 0.2) is 5.82 Å². The minimum atomic E-state index is -0.969. The summed E-state index contributed by atoms with van der Waals surface area (Å²) in [6.45, 7) is 2.65. The Kier molecular flexibility index (Phi) is 8.36. The van der Waals surface area contributed by atoms with Gasteiger partial charge >= 0.3 is 0 Å². The number of hydrogen-bond acceptors (Lipinski definition) is 8. The summed E-state index contributed by atoms with van der Waals surface area (Å²) in [7, 11) is 4.87. The van der Waals surface area contributed by atoms with Crippen LogP contribution in [0.5, 0.6) is 0 Å². The second-order valence-electron chi connectivity index (χ2n) is 11.0. The first-order valence-electron chi connectivity index (χ1n) is 14.3. The Morgan fingerprint density at radius 2 is 1.65 bits per heavy atom. The lowest BCUT2D eigenvalue weighted by atomic mass is 9.67. The molecule has 3 aromatic rings. The van der Waals surface area contributed by atoms with Crippen molar-refractivity contribution >= 4 is 29.9 Å². The van der Waals surface area contributed by atoms with E-state index in [9.17, 15) is 19.6 Å². The van der Waals surface area contributed by atoms with E-state index < -0.39 is 11.5 Å². The molecule has 3 N–H and O–H groups in total. The number of fused-ring (bicyclic) bond motifs is 2. The fourth-order valence-corrected chi connectivity index (χ4v) is 6.18. The fraction of sp³-hybridized carbons (Fsp3) is 0.387. The molecule has 2 atom stereocenters. The lowest BCUT2D eigenvalue weighted by molar-refractivity contribution is -0.130. The molecule has 0 spiro atoms. The molecular weight excluding hydrogens is 546 g/mol. The third kappa shape index (κ3) is 5.51. The van der Waals surface area contributed by atoms with Crippen LogP contribution in [-0.2, 0) is 17.3 Å². The van der Waals surface area contributed by atoms with Crippen molar-refractivity contribution in [2.45, 2.75) is 43.7 Å². The summed E-state index contributed by atoms with van der Waals surface area (Å²) in [5.74, 6) is -0.0922. The van der Waals surface area contributed by atoms with Gasteiger partial charge < -0.3 is 20.9 Å². The van der Waals surface area contributed by atoms with E-state index in [1.165, 1.54) is 4.80 Å². The highest BCUT2D eigenvalue weighted by Crippen LogP contribution is 2.47. The number of aromatic nitrogens is 4. The third-order valence-corrected chi connectivity index (χ3v) is 8.27. The van der Waals surface area contributed by atoms with Gasteiger partial charge in [0, 0.05) is 37.8 Å². The Morgan fingerprint density at radius 1 is 1.05 bits per heavy atom. The molecule has 222 valence electrons. The minimum absolute atomic E-state index is 0.0759. The Morgan fingerprint density at radius 3 is 2.16 bits per heavy atom. The number of amides is 3. The van der Waals surface area contributed by atoms with E-state index in [0.29, 0.717) is 36.3 Å². The molecule has 0 bridgehead atoms. The molecule has 1 saturated heterocycles. The highest BCUT2D eigenvalue weighted by molar-refractivity contribution is 5.97. The number of benzene rings is 2. The smallest absolute Gasteiger partial charge is 0.251 e. The van der Waals surface area contributed by atoms with E-state index in [1.54, 1.807) is 38.2 Å². The van der Waals surface area contributed by atoms with Crippen LogP contribution in [0.2, 0.25) is 0 Å². The zero-order valence-electron chi connectivity index (χ0n) is 24.7. The van der Waals surface area contributed by atoms with Crippen LogP contribution in [0.25, 0.3) is 12.2 Å². The van der Waals surface area contributed by atoms with E-state index in [4.69, 9.17) is 5.10 Å². The highest BCUT2D eigenvalue weighted by Gasteiger charge is 2.45. The molecule has 1 aliphatic carbocycles. The van der Waals surface area contributed by atoms with Crippen molar-refractivity contribution in [3.63, 3.8) is 0 Å². The van der Waals surface area contributed by atoms with Crippen molar-refractivity contribution < 1.29 is 14.4 Å². The summed E-state index contributed by atoms with van der Waals surface area (Å²) < 4.78 is 0. The third-order valence-electron chi connectivity index (χ3n) is 8.27. The van der Waals surface area contributed by atoms with Crippen molar-refractivity contribution in [3.8, 4) is 6.07 Å². The molecule has 12 heteroatoms. The second-order valence-corrected chi connectivity index (χ2v) is 11.0. The number of tetrazole rings is 1. The van der Waals surface area contributed by atoms with Crippen LogP contribution in [0.4, 0.5) is 0 Å². The van der Waals surface area contributed by atoms with E-state index >= 15 is 0 Å². The van der Waals surface area contributed by atoms with Gasteiger partial charge in [-0.05, 0) is 77.9 Å². The molecule has 3 amide bonds. The van der Waals surface area contributed by atoms with Gasteiger partial charge in [0.25, 0.3) is 11.8 Å². The molecule has 12 nitrogen and oxygen atoms in total. The predicted molar refractivity (Wildman–Crippen MR) is 160 cm³/mol. The number of hydrogen-bond donors (Lipinski definition) is 3. The molecule has 2 heterocycles. The maximum atomic E-state index is 13.1. The fourth-order valence-electron chi connectivity index (χ4n) is 6.18. The molecule has 2 aliphatic rings. The van der Waals surface area contributed by atoms with Gasteiger partial charge in [-0.3, -0.25) is 14.4 Å². The summed E-state index contributed by atoms with van der Waals surface area (Å²) in [5, 5.41) is 31.6. The van der Waals surface area contributed by atoms with E-state index in [2.05, 4.69) is 32.3 Å². The van der Waals surface area contributed by atoms with Gasteiger partial charge in [-0.25, -0.2) is 0 Å². The lowest BCUT2D eigenvalue weighted by Gasteiger charge is -2.36. The largest absolute Gasteiger partial charge is 0.355 e. The lowest BCUT2D eigenvalue weighted by Crippen LogP contribution is -2.45. The van der Waals surface area contributed by atoms with Crippen LogP contribution < -0.4 is 16.0 Å². The van der Waals surface area contributed by atoms with E-state index in [1.807, 2.05) is 43.3 Å². The Bertz CT molecular complexity index is 1570. The summed E-state index contributed by atoms with van der Waals surface area (Å²) >= 11 is 0. The number of carbonyl (C=O) groups is 3. The van der Waals surface area contributed by atoms with Gasteiger partial charge in [0.1, 0.15) is 6.04 Å². The zero-order valence-corrected chi connectivity index (χ0v) is 24.7. The van der Waals surface area contributed by atoms with E-state index in [0.717, 1.165) is 28.7 Å². The summed E-state index contributed by atoms with van der Waals surface area (Å²) in [4.78, 5) is 41.3. The van der Waals surface area contributed by atoms with Crippen LogP contribution in [0.15, 0.2) is 36.4 Å². The molecule has 0 radical (unpaired) electrons. The number of nitrogens with zero attached hydrogens (tertiary/aromatic N) is 6. The Labute approximate surface area is 250 Å². The number of likely N-dealkylation sites (tertiary alicyclic amines) is 1. The van der Waals surface area contributed by atoms with Gasteiger partial charge in [0.2, 0.25) is 5.91 Å². The molecule has 1 aliphatic heterocycles. The number of aryl methyl sites for hydroxylation is 1. The molecule has 1 fully saturated rings. The van der Waals surface area contributed by atoms with Gasteiger partial charge in [0.05, 0.1) is 25.1 Å². The first kappa shape index (κ1) is 29.6. The maximum absolute atomic E-state index is 13.1. The average molecular weight is 582 g/mol. The van der Waals surface area contributed by atoms with Crippen molar-refractivity contribution in [1.29, 1.82) is 5.26 Å². The Hall–Kier alpha value is -4.89. The first-order chi connectivity index (χ1) is 20.7. The zero-order chi connectivity index (χ0) is 30.7. The van der Waals surface area contributed by atoms with Crippen LogP contribution in [-0.4, -0.2) is 82.1 Å². The standard InChI is InChI=1S/C31H35N9O3/c1-19(35-18-27(41)40-13-5-6-24(40)17-32)16-31(30-36-38-39(4)37-30)25-11-9-22(28(42)33-2)14-20(25)7-8-21-15-23(29(43)34-3)10-12-26(21)31/h7-12,14-15,19,24,35H,5-6,13,16,18H2,1-4H3,(H,33,42)(H,34,43)/t19-,24+/m1/s1. The summed E-state index contributed by atoms with van der Waals surface area (Å²) in [6.07, 6.45) is 5.80. The van der Waals surface area contributed by atoms with Gasteiger partial charge in [-0.2, -0.15) is 10.1 Å². The highest BCUT2D eigenvalue weighted by atomic mass is 16.2. The van der Waals surface area contributed by atoms with Crippen LogP contribution in [0.1, 0.15) is 75.0 Å². The number of rotatable bonds is 8. The van der Waals surface area contributed by atoms with Crippen molar-refractivity contribution in [1.82, 2.24) is 41.1 Å². The normalized spacial score (nSPS) is 17.3. The van der Waals surface area contributed by atoms with Crippen molar-refractivity contribution in [2.75, 3.05) is 27.2 Å².